The Morgan fingerprint density at radius 3 is 2.08 bits per heavy atom. The monoisotopic (exact) mass is 555 g/mol. The minimum Gasteiger partial charge on any atom is -0.611 e. The lowest BCUT2D eigenvalue weighted by Gasteiger charge is -2.34. The molecule has 1 N–H and O–H groups in total. The molecule has 0 radical (unpaired) electrons. The molecule has 1 aliphatic heterocycles. The maximum atomic E-state index is 13.7. The second-order valence-electron chi connectivity index (χ2n) is 9.14. The number of alkyl halides is 6. The van der Waals surface area contributed by atoms with E-state index in [1.807, 2.05) is 13.8 Å². The Bertz CT molecular complexity index is 1080. The molecule has 1 aliphatic rings. The van der Waals surface area contributed by atoms with Crippen LogP contribution in [0.15, 0.2) is 53.4 Å². The second kappa shape index (κ2) is 10.3. The van der Waals surface area contributed by atoms with E-state index in [0.717, 1.165) is 24.3 Å². The van der Waals surface area contributed by atoms with Crippen LogP contribution in [0.4, 0.5) is 35.5 Å². The van der Waals surface area contributed by atoms with Gasteiger partial charge in [0, 0.05) is 24.1 Å². The highest BCUT2D eigenvalue weighted by atomic mass is 32.2. The number of halogens is 7. The Morgan fingerprint density at radius 2 is 1.59 bits per heavy atom. The van der Waals surface area contributed by atoms with Crippen LogP contribution in [-0.4, -0.2) is 52.7 Å². The van der Waals surface area contributed by atoms with Crippen LogP contribution in [-0.2, 0) is 26.3 Å². The van der Waals surface area contributed by atoms with E-state index in [1.54, 1.807) is 0 Å². The molecular formula is C24H24F7NO4S. The second-order valence-corrected chi connectivity index (χ2v) is 10.9. The third-order valence-electron chi connectivity index (χ3n) is 6.06. The van der Waals surface area contributed by atoms with Crippen molar-refractivity contribution in [3.63, 3.8) is 0 Å². The average Bonchev–Trinajstić information content (AvgIpc) is 3.27. The summed E-state index contributed by atoms with van der Waals surface area (Å²) in [5, 5.41) is 9.69. The molecule has 2 atom stereocenters. The van der Waals surface area contributed by atoms with E-state index in [0.29, 0.717) is 12.1 Å². The molecule has 1 saturated heterocycles. The summed E-state index contributed by atoms with van der Waals surface area (Å²) < 4.78 is 111. The predicted molar refractivity (Wildman–Crippen MR) is 119 cm³/mol. The van der Waals surface area contributed by atoms with Crippen molar-refractivity contribution in [2.24, 2.45) is 5.92 Å². The Morgan fingerprint density at radius 1 is 1.05 bits per heavy atom. The molecule has 1 fully saturated rings. The van der Waals surface area contributed by atoms with Crippen molar-refractivity contribution in [2.45, 2.75) is 47.9 Å². The van der Waals surface area contributed by atoms with Gasteiger partial charge in [0.15, 0.2) is 9.64 Å². The summed E-state index contributed by atoms with van der Waals surface area (Å²) in [5.41, 5.74) is -6.51. The van der Waals surface area contributed by atoms with E-state index in [9.17, 15) is 45.2 Å². The number of amides is 1. The molecule has 0 aromatic heterocycles. The number of rotatable bonds is 6. The van der Waals surface area contributed by atoms with Crippen molar-refractivity contribution in [1.29, 1.82) is 0 Å². The van der Waals surface area contributed by atoms with Gasteiger partial charge in [0.25, 0.3) is 5.60 Å². The van der Waals surface area contributed by atoms with E-state index in [2.05, 4.69) is 0 Å². The number of carbonyl (C=O) groups excluding carboxylic acids is 1. The maximum absolute atomic E-state index is 13.7. The smallest absolute Gasteiger partial charge is 0.430 e. The first-order valence-electron chi connectivity index (χ1n) is 11.1. The fraction of sp³-hybridized carbons (Fsp3) is 0.458. The van der Waals surface area contributed by atoms with Gasteiger partial charge in [-0.25, -0.2) is 9.18 Å². The van der Waals surface area contributed by atoms with Gasteiger partial charge in [0.2, 0.25) is 0 Å². The number of ether oxygens (including phenoxy) is 1. The van der Waals surface area contributed by atoms with Crippen molar-refractivity contribution < 1.29 is 49.9 Å². The van der Waals surface area contributed by atoms with Crippen LogP contribution in [0.5, 0.6) is 0 Å². The van der Waals surface area contributed by atoms with Crippen molar-refractivity contribution in [2.75, 3.05) is 19.7 Å². The van der Waals surface area contributed by atoms with E-state index in [-0.39, 0.29) is 42.5 Å². The summed E-state index contributed by atoms with van der Waals surface area (Å²) in [6.45, 7) is 3.55. The molecule has 3 rings (SSSR count). The highest BCUT2D eigenvalue weighted by Crippen LogP contribution is 2.51. The maximum Gasteiger partial charge on any atom is 0.430 e. The Labute approximate surface area is 211 Å². The molecule has 2 aromatic carbocycles. The van der Waals surface area contributed by atoms with Crippen molar-refractivity contribution >= 4 is 17.3 Å². The highest BCUT2D eigenvalue weighted by molar-refractivity contribution is 7.92. The third-order valence-corrected chi connectivity index (χ3v) is 8.04. The molecule has 5 nitrogen and oxygen atoms in total. The minimum atomic E-state index is -6.06. The normalized spacial score (nSPS) is 19.8. The molecule has 2 unspecified atom stereocenters. The molecule has 37 heavy (non-hydrogen) atoms. The van der Waals surface area contributed by atoms with Gasteiger partial charge in [0.1, 0.15) is 5.82 Å². The van der Waals surface area contributed by atoms with Gasteiger partial charge in [-0.1, -0.05) is 38.1 Å². The first-order chi connectivity index (χ1) is 17.0. The quantitative estimate of drug-likeness (QED) is 0.370. The van der Waals surface area contributed by atoms with Crippen LogP contribution in [0.3, 0.4) is 0 Å². The summed E-state index contributed by atoms with van der Waals surface area (Å²) in [4.78, 5) is 13.9. The predicted octanol–water partition coefficient (Wildman–Crippen LogP) is 5.64. The number of likely N-dealkylation sites (tertiary alicyclic amines) is 1. The molecule has 2 aromatic rings. The first-order valence-corrected chi connectivity index (χ1v) is 12.2. The number of benzene rings is 2. The lowest BCUT2D eigenvalue weighted by Crippen LogP contribution is -2.54. The third kappa shape index (κ3) is 5.53. The minimum absolute atomic E-state index is 0.0237. The number of carbonyl (C=O) groups is 1. The van der Waals surface area contributed by atoms with Gasteiger partial charge in [0.05, 0.1) is 13.2 Å². The SMILES string of the molecule is CC(C)COC(=O)N1CCC(c2ccc(C(O)(C(F)(F)F)C(F)(F)F)cc2)([S+]([O-])c2ccc(F)cc2)C1. The largest absolute Gasteiger partial charge is 0.611 e. The molecule has 0 bridgehead atoms. The zero-order valence-electron chi connectivity index (χ0n) is 19.7. The summed E-state index contributed by atoms with van der Waals surface area (Å²) in [6.07, 6.45) is -12.8. The Hall–Kier alpha value is -2.51. The van der Waals surface area contributed by atoms with Crippen LogP contribution in [0.1, 0.15) is 31.4 Å². The molecule has 204 valence electrons. The summed E-state index contributed by atoms with van der Waals surface area (Å²) in [7, 11) is 0. The standard InChI is InChI=1S/C24H24F7NO4S/c1-15(2)13-36-20(33)32-12-11-21(14-32,37(35)19-9-7-18(25)8-10-19)16-3-5-17(6-4-16)22(34,23(26,27)28)24(29,30)31/h3-10,15,34H,11-14H2,1-2H3. The van der Waals surface area contributed by atoms with Crippen molar-refractivity contribution in [3.05, 3.63) is 65.5 Å². The van der Waals surface area contributed by atoms with E-state index in [4.69, 9.17) is 4.74 Å². The van der Waals surface area contributed by atoms with E-state index in [1.165, 1.54) is 17.0 Å². The molecule has 0 saturated carbocycles. The zero-order valence-corrected chi connectivity index (χ0v) is 20.5. The molecule has 0 spiro atoms. The summed E-state index contributed by atoms with van der Waals surface area (Å²) in [5.74, 6) is -0.582. The number of aliphatic hydroxyl groups is 1. The molecule has 1 heterocycles. The Kier molecular flexibility index (Phi) is 8.11. The van der Waals surface area contributed by atoms with Gasteiger partial charge in [-0.15, -0.1) is 0 Å². The number of nitrogens with zero attached hydrogens (tertiary/aromatic N) is 1. The van der Waals surface area contributed by atoms with Crippen LogP contribution in [0, 0.1) is 11.7 Å². The van der Waals surface area contributed by atoms with Crippen LogP contribution in [0.25, 0.3) is 0 Å². The van der Waals surface area contributed by atoms with Crippen molar-refractivity contribution in [3.8, 4) is 0 Å². The Balaban J connectivity index is 2.04. The van der Waals surface area contributed by atoms with Crippen LogP contribution >= 0.6 is 0 Å². The van der Waals surface area contributed by atoms with E-state index < -0.39 is 51.4 Å². The fourth-order valence-electron chi connectivity index (χ4n) is 4.05. The molecular weight excluding hydrogens is 531 g/mol. The fourth-order valence-corrected chi connectivity index (χ4v) is 5.78. The topological polar surface area (TPSA) is 72.8 Å². The number of hydrogen-bond acceptors (Lipinski definition) is 4. The van der Waals surface area contributed by atoms with Gasteiger partial charge < -0.3 is 19.3 Å². The van der Waals surface area contributed by atoms with Crippen LogP contribution in [0.2, 0.25) is 0 Å². The lowest BCUT2D eigenvalue weighted by molar-refractivity contribution is -0.376. The summed E-state index contributed by atoms with van der Waals surface area (Å²) >= 11 is -2.01. The lowest BCUT2D eigenvalue weighted by atomic mass is 9.89. The molecule has 0 aliphatic carbocycles. The van der Waals surface area contributed by atoms with E-state index >= 15 is 0 Å². The zero-order chi connectivity index (χ0) is 27.8. The number of hydrogen-bond donors (Lipinski definition) is 1. The average molecular weight is 556 g/mol. The molecule has 13 heteroatoms. The van der Waals surface area contributed by atoms with Gasteiger partial charge in [-0.2, -0.15) is 26.3 Å². The molecule has 1 amide bonds. The van der Waals surface area contributed by atoms with Crippen molar-refractivity contribution in [1.82, 2.24) is 4.90 Å². The summed E-state index contributed by atoms with van der Waals surface area (Å²) in [6, 6.07) is 7.38. The highest BCUT2D eigenvalue weighted by Gasteiger charge is 2.71. The first kappa shape index (κ1) is 29.1. The van der Waals surface area contributed by atoms with Crippen LogP contribution < -0.4 is 0 Å². The van der Waals surface area contributed by atoms with Gasteiger partial charge in [-0.3, -0.25) is 0 Å². The van der Waals surface area contributed by atoms with Gasteiger partial charge >= 0.3 is 18.4 Å². The van der Waals surface area contributed by atoms with Gasteiger partial charge in [-0.05, 0) is 41.4 Å².